The molecule has 2 nitrogen and oxygen atoms in total. The molecule has 0 spiro atoms. The van der Waals surface area contributed by atoms with Gasteiger partial charge in [0.25, 0.3) is 0 Å². The lowest BCUT2D eigenvalue weighted by Crippen LogP contribution is -2.05. The Hall–Kier alpha value is -2.34. The Balaban J connectivity index is 2.05. The monoisotopic (exact) mass is 333 g/mol. The van der Waals surface area contributed by atoms with E-state index >= 15 is 0 Å². The molecular weight excluding hydrogens is 321 g/mol. The highest BCUT2D eigenvalue weighted by Crippen LogP contribution is 2.36. The van der Waals surface area contributed by atoms with Crippen molar-refractivity contribution in [2.24, 2.45) is 0 Å². The lowest BCUT2D eigenvalue weighted by atomic mass is 10.2. The van der Waals surface area contributed by atoms with Crippen LogP contribution in [0.1, 0.15) is 11.9 Å². The third kappa shape index (κ3) is 2.21. The average molecular weight is 333 g/mol. The van der Waals surface area contributed by atoms with Gasteiger partial charge in [-0.1, -0.05) is 18.2 Å². The van der Waals surface area contributed by atoms with Crippen molar-refractivity contribution in [3.63, 3.8) is 0 Å². The van der Waals surface area contributed by atoms with Crippen molar-refractivity contribution >= 4 is 32.6 Å². The van der Waals surface area contributed by atoms with Crippen LogP contribution in [-0.4, -0.2) is 9.55 Å². The minimum Gasteiger partial charge on any atom is -0.293 e. The molecular formula is C17H11F3N2S. The first-order chi connectivity index (χ1) is 11.4. The minimum absolute atomic E-state index is 0.182. The Bertz CT molecular complexity index is 1080. The maximum Gasteiger partial charge on any atom is 0.416 e. The Morgan fingerprint density at radius 2 is 1.91 bits per heavy atom. The molecule has 2 aromatic carbocycles. The van der Waals surface area contributed by atoms with Gasteiger partial charge in [0.2, 0.25) is 0 Å². The minimum atomic E-state index is -4.46. The van der Waals surface area contributed by atoms with Gasteiger partial charge in [0.1, 0.15) is 0 Å². The van der Waals surface area contributed by atoms with E-state index in [0.717, 1.165) is 32.7 Å². The number of para-hydroxylation sites is 1. The molecule has 0 bridgehead atoms. The number of nitrogens with zero attached hydrogens (tertiary/aromatic N) is 2. The molecule has 6 heteroatoms. The second kappa shape index (κ2) is 4.83. The SMILES string of the molecule is [2H]c1cc(C(F)(F)F)ccc1-n1c2ccccc2c2sc(C)nc21. The van der Waals surface area contributed by atoms with E-state index in [0.29, 0.717) is 11.3 Å². The van der Waals surface area contributed by atoms with Crippen LogP contribution in [0.4, 0.5) is 13.2 Å². The zero-order valence-corrected chi connectivity index (χ0v) is 12.8. The van der Waals surface area contributed by atoms with Gasteiger partial charge in [0, 0.05) is 11.1 Å². The molecule has 2 heterocycles. The van der Waals surface area contributed by atoms with E-state index in [1.165, 1.54) is 17.4 Å². The Labute approximate surface area is 135 Å². The van der Waals surface area contributed by atoms with E-state index in [-0.39, 0.29) is 6.04 Å². The predicted octanol–water partition coefficient (Wildman–Crippen LogP) is 5.57. The second-order valence-corrected chi connectivity index (χ2v) is 6.40. The van der Waals surface area contributed by atoms with Gasteiger partial charge in [-0.25, -0.2) is 4.98 Å². The number of fused-ring (bicyclic) bond motifs is 3. The maximum absolute atomic E-state index is 12.9. The standard InChI is InChI=1S/C17H11F3N2S/c1-10-21-16-15(23-10)13-4-2-3-5-14(13)22(16)12-8-6-11(7-9-12)17(18,19)20/h2-9H,1H3/i8D. The Morgan fingerprint density at radius 3 is 2.65 bits per heavy atom. The first-order valence-electron chi connectivity index (χ1n) is 7.41. The summed E-state index contributed by atoms with van der Waals surface area (Å²) in [5.41, 5.74) is 1.07. The molecule has 0 unspecified atom stereocenters. The molecule has 23 heavy (non-hydrogen) atoms. The van der Waals surface area contributed by atoms with Gasteiger partial charge >= 0.3 is 6.18 Å². The van der Waals surface area contributed by atoms with Crippen LogP contribution in [0.2, 0.25) is 0 Å². The summed E-state index contributed by atoms with van der Waals surface area (Å²) >= 11 is 1.54. The van der Waals surface area contributed by atoms with Gasteiger partial charge in [0.15, 0.2) is 5.65 Å². The summed E-state index contributed by atoms with van der Waals surface area (Å²) in [6, 6.07) is 10.6. The average Bonchev–Trinajstić information content (AvgIpc) is 3.02. The number of aryl methyl sites for hydroxylation is 1. The molecule has 2 aromatic heterocycles. The normalized spacial score (nSPS) is 13.0. The zero-order valence-electron chi connectivity index (χ0n) is 13.0. The first kappa shape index (κ1) is 13.1. The number of benzene rings is 2. The number of aromatic nitrogens is 2. The van der Waals surface area contributed by atoms with Gasteiger partial charge in [-0.05, 0) is 37.2 Å². The molecule has 0 aliphatic heterocycles. The summed E-state index contributed by atoms with van der Waals surface area (Å²) in [4.78, 5) is 4.51. The molecule has 116 valence electrons. The van der Waals surface area contributed by atoms with E-state index in [9.17, 15) is 13.2 Å². The largest absolute Gasteiger partial charge is 0.416 e. The van der Waals surface area contributed by atoms with Crippen molar-refractivity contribution in [1.82, 2.24) is 9.55 Å². The van der Waals surface area contributed by atoms with Crippen LogP contribution in [-0.2, 0) is 6.18 Å². The topological polar surface area (TPSA) is 17.8 Å². The van der Waals surface area contributed by atoms with Crippen molar-refractivity contribution < 1.29 is 14.5 Å². The highest BCUT2D eigenvalue weighted by Gasteiger charge is 2.30. The fourth-order valence-electron chi connectivity index (χ4n) is 2.69. The molecule has 0 fully saturated rings. The van der Waals surface area contributed by atoms with E-state index in [2.05, 4.69) is 4.98 Å². The van der Waals surface area contributed by atoms with Crippen molar-refractivity contribution in [3.8, 4) is 5.69 Å². The lowest BCUT2D eigenvalue weighted by molar-refractivity contribution is -0.137. The van der Waals surface area contributed by atoms with Crippen LogP contribution in [0.5, 0.6) is 0 Å². The number of hydrogen-bond acceptors (Lipinski definition) is 2. The number of rotatable bonds is 1. The van der Waals surface area contributed by atoms with E-state index in [4.69, 9.17) is 1.37 Å². The maximum atomic E-state index is 12.9. The summed E-state index contributed by atoms with van der Waals surface area (Å²) in [5, 5.41) is 1.86. The highest BCUT2D eigenvalue weighted by atomic mass is 32.1. The second-order valence-electron chi connectivity index (χ2n) is 5.20. The molecule has 0 radical (unpaired) electrons. The van der Waals surface area contributed by atoms with Gasteiger partial charge < -0.3 is 0 Å². The molecule has 0 aliphatic carbocycles. The molecule has 0 N–H and O–H groups in total. The van der Waals surface area contributed by atoms with Crippen LogP contribution < -0.4 is 0 Å². The van der Waals surface area contributed by atoms with E-state index in [1.54, 1.807) is 4.57 Å². The summed E-state index contributed by atoms with van der Waals surface area (Å²) in [6.07, 6.45) is -4.46. The predicted molar refractivity (Wildman–Crippen MR) is 86.2 cm³/mol. The first-order valence-corrected chi connectivity index (χ1v) is 7.73. The van der Waals surface area contributed by atoms with Crippen LogP contribution in [0, 0.1) is 6.92 Å². The number of alkyl halides is 3. The van der Waals surface area contributed by atoms with Gasteiger partial charge in [0.05, 0.1) is 22.2 Å². The zero-order chi connectivity index (χ0) is 17.1. The van der Waals surface area contributed by atoms with Crippen LogP contribution >= 0.6 is 11.3 Å². The van der Waals surface area contributed by atoms with Crippen LogP contribution in [0.3, 0.4) is 0 Å². The van der Waals surface area contributed by atoms with Crippen molar-refractivity contribution in [2.45, 2.75) is 13.1 Å². The highest BCUT2D eigenvalue weighted by molar-refractivity contribution is 7.19. The third-order valence-corrected chi connectivity index (χ3v) is 4.68. The molecule has 0 amide bonds. The summed E-state index contributed by atoms with van der Waals surface area (Å²) in [5.74, 6) is 0. The summed E-state index contributed by atoms with van der Waals surface area (Å²) < 4.78 is 49.4. The van der Waals surface area contributed by atoms with Gasteiger partial charge in [-0.2, -0.15) is 13.2 Å². The lowest BCUT2D eigenvalue weighted by Gasteiger charge is -2.09. The number of hydrogen-bond donors (Lipinski definition) is 0. The summed E-state index contributed by atoms with van der Waals surface area (Å²) in [6.45, 7) is 1.89. The number of thiazole rings is 1. The molecule has 4 rings (SSSR count). The smallest absolute Gasteiger partial charge is 0.293 e. The van der Waals surface area contributed by atoms with Crippen LogP contribution in [0.15, 0.2) is 48.5 Å². The van der Waals surface area contributed by atoms with Crippen LogP contribution in [0.25, 0.3) is 26.9 Å². The third-order valence-electron chi connectivity index (χ3n) is 3.68. The van der Waals surface area contributed by atoms with Gasteiger partial charge in [-0.3, -0.25) is 4.57 Å². The van der Waals surface area contributed by atoms with E-state index in [1.807, 2.05) is 31.2 Å². The Morgan fingerprint density at radius 1 is 1.13 bits per heavy atom. The van der Waals surface area contributed by atoms with Gasteiger partial charge in [-0.15, -0.1) is 11.3 Å². The summed E-state index contributed by atoms with van der Waals surface area (Å²) in [7, 11) is 0. The molecule has 0 saturated heterocycles. The van der Waals surface area contributed by atoms with Crippen molar-refractivity contribution in [3.05, 3.63) is 59.1 Å². The van der Waals surface area contributed by atoms with Crippen molar-refractivity contribution in [1.29, 1.82) is 0 Å². The number of halogens is 3. The molecule has 0 atom stereocenters. The van der Waals surface area contributed by atoms with Crippen molar-refractivity contribution in [2.75, 3.05) is 0 Å². The Kier molecular flexibility index (Phi) is 2.76. The molecule has 0 aliphatic rings. The molecule has 4 aromatic rings. The van der Waals surface area contributed by atoms with E-state index < -0.39 is 11.7 Å². The fraction of sp³-hybridized carbons (Fsp3) is 0.118. The molecule has 0 saturated carbocycles. The fourth-order valence-corrected chi connectivity index (χ4v) is 3.63. The quantitative estimate of drug-likeness (QED) is 0.445.